The lowest BCUT2D eigenvalue weighted by Gasteiger charge is -2.17. The Morgan fingerprint density at radius 3 is 2.65 bits per heavy atom. The van der Waals surface area contributed by atoms with Crippen LogP contribution in [0.15, 0.2) is 4.73 Å². The van der Waals surface area contributed by atoms with Crippen LogP contribution in [0.5, 0.6) is 0 Å². The van der Waals surface area contributed by atoms with Crippen LogP contribution in [0, 0.1) is 5.41 Å². The molecule has 2 aromatic rings. The van der Waals surface area contributed by atoms with Gasteiger partial charge in [-0.15, -0.1) is 0 Å². The number of nitrogens with two attached hydrogens (primary N) is 1. The number of ether oxygens (including phenoxy) is 1. The van der Waals surface area contributed by atoms with Crippen molar-refractivity contribution in [2.45, 2.75) is 27.5 Å². The number of imidazole rings is 1. The molecule has 0 aliphatic rings. The maximum absolute atomic E-state index is 11.8. The van der Waals surface area contributed by atoms with E-state index in [1.807, 2.05) is 0 Å². The molecule has 0 aromatic carbocycles. The Hall–Kier alpha value is -1.41. The third-order valence-corrected chi connectivity index (χ3v) is 3.33. The van der Waals surface area contributed by atoms with Gasteiger partial charge in [-0.05, 0) is 36.7 Å². The van der Waals surface area contributed by atoms with Gasteiger partial charge in [0.15, 0.2) is 22.3 Å². The molecule has 0 atom stereocenters. The molecule has 20 heavy (non-hydrogen) atoms. The molecule has 2 aromatic heterocycles. The first kappa shape index (κ1) is 15.0. The van der Waals surface area contributed by atoms with Gasteiger partial charge in [-0.25, -0.2) is 4.98 Å². The number of hydrogen-bond acceptors (Lipinski definition) is 6. The predicted molar refractivity (Wildman–Crippen MR) is 78.0 cm³/mol. The zero-order valence-corrected chi connectivity index (χ0v) is 13.5. The van der Waals surface area contributed by atoms with Crippen LogP contribution in [0.4, 0.5) is 5.95 Å². The first-order chi connectivity index (χ1) is 9.20. The van der Waals surface area contributed by atoms with Gasteiger partial charge in [-0.2, -0.15) is 9.97 Å². The van der Waals surface area contributed by atoms with Crippen molar-refractivity contribution in [1.29, 1.82) is 0 Å². The summed E-state index contributed by atoms with van der Waals surface area (Å²) in [4.78, 5) is 23.8. The van der Waals surface area contributed by atoms with Crippen LogP contribution in [-0.4, -0.2) is 25.5 Å². The summed E-state index contributed by atoms with van der Waals surface area (Å²) in [5.41, 5.74) is 5.76. The molecule has 0 aliphatic carbocycles. The van der Waals surface area contributed by atoms with Crippen LogP contribution in [0.1, 0.15) is 20.8 Å². The first-order valence-electron chi connectivity index (χ1n) is 5.72. The molecule has 7 nitrogen and oxygen atoms in total. The molecule has 2 N–H and O–H groups in total. The van der Waals surface area contributed by atoms with Crippen molar-refractivity contribution in [2.75, 3.05) is 5.73 Å². The third kappa shape index (κ3) is 2.85. The van der Waals surface area contributed by atoms with Crippen molar-refractivity contribution in [2.24, 2.45) is 5.41 Å². The number of fused-ring (bicyclic) bond motifs is 1. The van der Waals surface area contributed by atoms with Gasteiger partial charge < -0.3 is 10.5 Å². The van der Waals surface area contributed by atoms with Gasteiger partial charge in [0.05, 0.1) is 5.41 Å². The molecular formula is C11H13BrClN5O2. The highest BCUT2D eigenvalue weighted by Gasteiger charge is 2.24. The molecule has 0 fully saturated rings. The summed E-state index contributed by atoms with van der Waals surface area (Å²) >= 11 is 9.21. The van der Waals surface area contributed by atoms with Crippen molar-refractivity contribution in [3.8, 4) is 0 Å². The fourth-order valence-electron chi connectivity index (χ4n) is 1.41. The number of hydrogen-bond donors (Lipinski definition) is 1. The van der Waals surface area contributed by atoms with Gasteiger partial charge in [0, 0.05) is 0 Å². The minimum Gasteiger partial charge on any atom is -0.443 e. The van der Waals surface area contributed by atoms with E-state index < -0.39 is 5.41 Å². The average molecular weight is 363 g/mol. The number of carbonyl (C=O) groups is 1. The largest absolute Gasteiger partial charge is 0.443 e. The number of aromatic nitrogens is 4. The van der Waals surface area contributed by atoms with Gasteiger partial charge in [0.1, 0.15) is 5.52 Å². The van der Waals surface area contributed by atoms with Crippen molar-refractivity contribution < 1.29 is 9.53 Å². The van der Waals surface area contributed by atoms with E-state index in [9.17, 15) is 4.79 Å². The van der Waals surface area contributed by atoms with Crippen LogP contribution in [0.3, 0.4) is 0 Å². The zero-order valence-electron chi connectivity index (χ0n) is 11.1. The Morgan fingerprint density at radius 2 is 2.05 bits per heavy atom. The number of nitrogens with zero attached hydrogens (tertiary/aromatic N) is 4. The highest BCUT2D eigenvalue weighted by Crippen LogP contribution is 2.25. The van der Waals surface area contributed by atoms with E-state index in [-0.39, 0.29) is 23.8 Å². The summed E-state index contributed by atoms with van der Waals surface area (Å²) in [6, 6.07) is 0. The number of anilines is 1. The Bertz CT molecular complexity index is 679. The predicted octanol–water partition coefficient (Wildman–Crippen LogP) is 2.37. The van der Waals surface area contributed by atoms with Crippen molar-refractivity contribution >= 4 is 50.6 Å². The second-order valence-corrected chi connectivity index (χ2v) is 6.23. The van der Waals surface area contributed by atoms with Crippen molar-refractivity contribution in [3.05, 3.63) is 9.89 Å². The summed E-state index contributed by atoms with van der Waals surface area (Å²) in [7, 11) is 0. The van der Waals surface area contributed by atoms with Gasteiger partial charge in [-0.1, -0.05) is 11.6 Å². The fourth-order valence-corrected chi connectivity index (χ4v) is 2.07. The smallest absolute Gasteiger partial charge is 0.312 e. The summed E-state index contributed by atoms with van der Waals surface area (Å²) < 4.78 is 7.20. The molecule has 0 spiro atoms. The topological polar surface area (TPSA) is 95.9 Å². The molecule has 0 amide bonds. The quantitative estimate of drug-likeness (QED) is 0.500. The third-order valence-electron chi connectivity index (χ3n) is 2.46. The highest BCUT2D eigenvalue weighted by atomic mass is 79.9. The standard InChI is InChI=1S/C11H13BrClN5O2/c1-11(2,3)8(19)20-4-18-7-5(15-9(18)12)6(13)16-10(14)17-7/h4H2,1-3H3,(H2,14,16,17). The molecule has 0 bridgehead atoms. The summed E-state index contributed by atoms with van der Waals surface area (Å²) in [5.74, 6) is -0.308. The second-order valence-electron chi connectivity index (χ2n) is 5.16. The molecule has 108 valence electrons. The maximum atomic E-state index is 11.8. The maximum Gasteiger partial charge on any atom is 0.312 e. The van der Waals surface area contributed by atoms with Crippen molar-refractivity contribution in [3.63, 3.8) is 0 Å². The average Bonchev–Trinajstić information content (AvgIpc) is 2.62. The number of nitrogen functional groups attached to an aromatic ring is 1. The van der Waals surface area contributed by atoms with Gasteiger partial charge in [0.25, 0.3) is 0 Å². The number of carbonyl (C=O) groups excluding carboxylic acids is 1. The van der Waals surface area contributed by atoms with E-state index in [1.54, 1.807) is 25.3 Å². The van der Waals surface area contributed by atoms with E-state index in [4.69, 9.17) is 22.1 Å². The number of rotatable bonds is 2. The Labute approximate surface area is 128 Å². The van der Waals surface area contributed by atoms with E-state index >= 15 is 0 Å². The lowest BCUT2D eigenvalue weighted by Crippen LogP contribution is -2.24. The lowest BCUT2D eigenvalue weighted by molar-refractivity contribution is -0.156. The molecule has 9 heteroatoms. The molecule has 2 rings (SSSR count). The van der Waals surface area contributed by atoms with Gasteiger partial charge in [0.2, 0.25) is 5.95 Å². The molecule has 0 saturated heterocycles. The highest BCUT2D eigenvalue weighted by molar-refractivity contribution is 9.10. The minimum atomic E-state index is -0.589. The Balaban J connectivity index is 2.35. The van der Waals surface area contributed by atoms with Crippen LogP contribution >= 0.6 is 27.5 Å². The van der Waals surface area contributed by atoms with Crippen LogP contribution in [0.25, 0.3) is 11.2 Å². The Kier molecular flexibility index (Phi) is 3.88. The molecule has 0 saturated carbocycles. The first-order valence-corrected chi connectivity index (χ1v) is 6.89. The van der Waals surface area contributed by atoms with Gasteiger partial charge in [-0.3, -0.25) is 9.36 Å². The molecule has 0 aliphatic heterocycles. The van der Waals surface area contributed by atoms with E-state index in [2.05, 4.69) is 30.9 Å². The lowest BCUT2D eigenvalue weighted by atomic mass is 9.98. The van der Waals surface area contributed by atoms with Crippen LogP contribution < -0.4 is 5.73 Å². The zero-order chi connectivity index (χ0) is 15.1. The minimum absolute atomic E-state index is 0.0262. The van der Waals surface area contributed by atoms with E-state index in [0.29, 0.717) is 15.9 Å². The van der Waals surface area contributed by atoms with Crippen LogP contribution in [-0.2, 0) is 16.3 Å². The fraction of sp³-hybridized carbons (Fsp3) is 0.455. The number of halogens is 2. The molecular weight excluding hydrogens is 350 g/mol. The SMILES string of the molecule is CC(C)(C)C(=O)OCn1c(Br)nc2c(Cl)nc(N)nc21. The summed E-state index contributed by atoms with van der Waals surface area (Å²) in [6.07, 6.45) is 0. The Morgan fingerprint density at radius 1 is 1.40 bits per heavy atom. The molecule has 2 heterocycles. The van der Waals surface area contributed by atoms with Crippen molar-refractivity contribution in [1.82, 2.24) is 19.5 Å². The monoisotopic (exact) mass is 361 g/mol. The molecule has 0 radical (unpaired) electrons. The van der Waals surface area contributed by atoms with Crippen LogP contribution in [0.2, 0.25) is 5.15 Å². The van der Waals surface area contributed by atoms with Gasteiger partial charge >= 0.3 is 5.97 Å². The summed E-state index contributed by atoms with van der Waals surface area (Å²) in [5, 5.41) is 0.147. The van der Waals surface area contributed by atoms with E-state index in [1.165, 1.54) is 0 Å². The molecule has 0 unspecified atom stereocenters. The second kappa shape index (κ2) is 5.17. The van der Waals surface area contributed by atoms with E-state index in [0.717, 1.165) is 0 Å². The number of esters is 1. The summed E-state index contributed by atoms with van der Waals surface area (Å²) in [6.45, 7) is 5.27. The normalized spacial score (nSPS) is 11.8.